The molecule has 33 heavy (non-hydrogen) atoms. The van der Waals surface area contributed by atoms with Crippen molar-refractivity contribution < 1.29 is 4.79 Å². The number of amides is 1. The summed E-state index contributed by atoms with van der Waals surface area (Å²) in [5, 5.41) is 0. The molecule has 0 bridgehead atoms. The average Bonchev–Trinajstić information content (AvgIpc) is 2.88. The number of hydrogen-bond acceptors (Lipinski definition) is 5. The van der Waals surface area contributed by atoms with Gasteiger partial charge in [-0.25, -0.2) is 9.97 Å². The third kappa shape index (κ3) is 4.75. The summed E-state index contributed by atoms with van der Waals surface area (Å²) in [4.78, 5) is 31.5. The normalized spacial score (nSPS) is 18.2. The molecule has 1 fully saturated rings. The predicted molar refractivity (Wildman–Crippen MR) is 130 cm³/mol. The minimum atomic E-state index is 0.0706. The minimum absolute atomic E-state index is 0.0706. The van der Waals surface area contributed by atoms with E-state index in [0.29, 0.717) is 12.1 Å². The molecular formula is C27H31N5O. The van der Waals surface area contributed by atoms with E-state index in [-0.39, 0.29) is 11.8 Å². The maximum Gasteiger partial charge on any atom is 0.253 e. The van der Waals surface area contributed by atoms with Crippen LogP contribution in [0.1, 0.15) is 58.2 Å². The second-order valence-electron chi connectivity index (χ2n) is 9.12. The number of rotatable bonds is 5. The van der Waals surface area contributed by atoms with Gasteiger partial charge in [0.25, 0.3) is 5.91 Å². The average molecular weight is 442 g/mol. The van der Waals surface area contributed by atoms with Gasteiger partial charge in [-0.15, -0.1) is 0 Å². The molecule has 2 aliphatic heterocycles. The summed E-state index contributed by atoms with van der Waals surface area (Å²) in [5.74, 6) is 2.25. The molecular weight excluding hydrogens is 410 g/mol. The van der Waals surface area contributed by atoms with E-state index < -0.39 is 0 Å². The SMILES string of the molecule is Cc1nc([C@@H]2CCCN(C(=O)c3ccncc3)C2)nc2c1CCCN2CCc1ccccc1. The molecule has 0 aliphatic carbocycles. The molecule has 5 rings (SSSR count). The molecule has 2 aromatic heterocycles. The number of nitrogens with zero attached hydrogens (tertiary/aromatic N) is 5. The fraction of sp³-hybridized carbons (Fsp3) is 0.407. The van der Waals surface area contributed by atoms with E-state index in [1.807, 2.05) is 4.90 Å². The van der Waals surface area contributed by atoms with Gasteiger partial charge in [0.15, 0.2) is 0 Å². The van der Waals surface area contributed by atoms with Crippen LogP contribution in [0.3, 0.4) is 0 Å². The highest BCUT2D eigenvalue weighted by Crippen LogP contribution is 2.32. The Bertz CT molecular complexity index is 1100. The van der Waals surface area contributed by atoms with Crippen LogP contribution >= 0.6 is 0 Å². The molecule has 0 radical (unpaired) electrons. The van der Waals surface area contributed by atoms with E-state index in [1.54, 1.807) is 24.5 Å². The zero-order valence-electron chi connectivity index (χ0n) is 19.3. The number of anilines is 1. The van der Waals surface area contributed by atoms with Crippen LogP contribution in [0.25, 0.3) is 0 Å². The van der Waals surface area contributed by atoms with Gasteiger partial charge < -0.3 is 9.80 Å². The van der Waals surface area contributed by atoms with Gasteiger partial charge in [-0.3, -0.25) is 9.78 Å². The number of likely N-dealkylation sites (tertiary alicyclic amines) is 1. The number of pyridine rings is 1. The Labute approximate surface area is 195 Å². The lowest BCUT2D eigenvalue weighted by Crippen LogP contribution is -2.40. The van der Waals surface area contributed by atoms with E-state index in [9.17, 15) is 4.79 Å². The van der Waals surface area contributed by atoms with Crippen molar-refractivity contribution in [3.05, 3.63) is 83.1 Å². The lowest BCUT2D eigenvalue weighted by Gasteiger charge is -2.34. The summed E-state index contributed by atoms with van der Waals surface area (Å²) in [5.41, 5.74) is 4.43. The maximum absolute atomic E-state index is 13.0. The predicted octanol–water partition coefficient (Wildman–Crippen LogP) is 4.20. The summed E-state index contributed by atoms with van der Waals surface area (Å²) in [6.07, 6.45) is 8.53. The van der Waals surface area contributed by atoms with Gasteiger partial charge in [-0.2, -0.15) is 0 Å². The lowest BCUT2D eigenvalue weighted by molar-refractivity contribution is 0.0704. The number of fused-ring (bicyclic) bond motifs is 1. The highest BCUT2D eigenvalue weighted by molar-refractivity contribution is 5.94. The van der Waals surface area contributed by atoms with Gasteiger partial charge in [0.1, 0.15) is 11.6 Å². The summed E-state index contributed by atoms with van der Waals surface area (Å²) >= 11 is 0. The van der Waals surface area contributed by atoms with Crippen molar-refractivity contribution in [2.45, 2.75) is 44.9 Å². The van der Waals surface area contributed by atoms with Gasteiger partial charge in [0, 0.05) is 61.3 Å². The smallest absolute Gasteiger partial charge is 0.253 e. The zero-order valence-corrected chi connectivity index (χ0v) is 19.3. The Morgan fingerprint density at radius 2 is 1.85 bits per heavy atom. The largest absolute Gasteiger partial charge is 0.356 e. The first-order valence-electron chi connectivity index (χ1n) is 12.0. The molecule has 0 saturated carbocycles. The number of hydrogen-bond donors (Lipinski definition) is 0. The van der Waals surface area contributed by atoms with E-state index in [2.05, 4.69) is 47.1 Å². The molecule has 1 aromatic carbocycles. The summed E-state index contributed by atoms with van der Waals surface area (Å²) in [6.45, 7) is 5.57. The van der Waals surface area contributed by atoms with Crippen molar-refractivity contribution >= 4 is 11.7 Å². The molecule has 0 N–H and O–H groups in total. The zero-order chi connectivity index (χ0) is 22.6. The molecule has 6 heteroatoms. The van der Waals surface area contributed by atoms with Gasteiger partial charge in [-0.1, -0.05) is 30.3 Å². The van der Waals surface area contributed by atoms with Crippen LogP contribution in [0.5, 0.6) is 0 Å². The first-order chi connectivity index (χ1) is 16.2. The van der Waals surface area contributed by atoms with Gasteiger partial charge in [0.05, 0.1) is 0 Å². The number of aryl methyl sites for hydroxylation is 1. The van der Waals surface area contributed by atoms with Crippen molar-refractivity contribution in [1.29, 1.82) is 0 Å². The van der Waals surface area contributed by atoms with Crippen molar-refractivity contribution in [2.75, 3.05) is 31.1 Å². The van der Waals surface area contributed by atoms with E-state index >= 15 is 0 Å². The topological polar surface area (TPSA) is 62.2 Å². The van der Waals surface area contributed by atoms with Crippen LogP contribution in [-0.4, -0.2) is 51.9 Å². The van der Waals surface area contributed by atoms with Crippen molar-refractivity contribution in [1.82, 2.24) is 19.9 Å². The van der Waals surface area contributed by atoms with Crippen LogP contribution in [-0.2, 0) is 12.8 Å². The van der Waals surface area contributed by atoms with Gasteiger partial charge in [-0.05, 0) is 56.7 Å². The molecule has 170 valence electrons. The highest BCUT2D eigenvalue weighted by Gasteiger charge is 2.29. The molecule has 4 heterocycles. The Kier molecular flexibility index (Phi) is 6.33. The third-order valence-corrected chi connectivity index (χ3v) is 6.88. The molecule has 1 atom stereocenters. The maximum atomic E-state index is 13.0. The van der Waals surface area contributed by atoms with Crippen LogP contribution in [0.2, 0.25) is 0 Å². The molecule has 2 aliphatic rings. The number of benzene rings is 1. The number of carbonyl (C=O) groups is 1. The van der Waals surface area contributed by atoms with Crippen LogP contribution < -0.4 is 4.90 Å². The molecule has 0 spiro atoms. The van der Waals surface area contributed by atoms with Gasteiger partial charge >= 0.3 is 0 Å². The molecule has 3 aromatic rings. The summed E-state index contributed by atoms with van der Waals surface area (Å²) < 4.78 is 0. The number of piperidine rings is 1. The van der Waals surface area contributed by atoms with Crippen LogP contribution in [0.15, 0.2) is 54.9 Å². The standard InChI is InChI=1S/C27H31N5O/c1-20-24-10-6-16-31(18-13-21-7-3-2-4-8-21)26(24)30-25(29-20)23-9-5-17-32(19-23)27(33)22-11-14-28-15-12-22/h2-4,7-8,11-12,14-15,23H,5-6,9-10,13,16-19H2,1H3/t23-/m1/s1. The highest BCUT2D eigenvalue weighted by atomic mass is 16.2. The first-order valence-corrected chi connectivity index (χ1v) is 12.0. The minimum Gasteiger partial charge on any atom is -0.356 e. The summed E-state index contributed by atoms with van der Waals surface area (Å²) in [6, 6.07) is 14.2. The number of aromatic nitrogens is 3. The monoisotopic (exact) mass is 441 g/mol. The number of carbonyl (C=O) groups excluding carboxylic acids is 1. The van der Waals surface area contributed by atoms with Crippen LogP contribution in [0.4, 0.5) is 5.82 Å². The molecule has 6 nitrogen and oxygen atoms in total. The molecule has 0 unspecified atom stereocenters. The fourth-order valence-corrected chi connectivity index (χ4v) is 5.07. The van der Waals surface area contributed by atoms with Gasteiger partial charge in [0.2, 0.25) is 0 Å². The Morgan fingerprint density at radius 1 is 1.03 bits per heavy atom. The molecule has 1 saturated heterocycles. The fourth-order valence-electron chi connectivity index (χ4n) is 5.07. The Balaban J connectivity index is 1.35. The summed E-state index contributed by atoms with van der Waals surface area (Å²) in [7, 11) is 0. The Hall–Kier alpha value is -3.28. The second-order valence-corrected chi connectivity index (χ2v) is 9.12. The third-order valence-electron chi connectivity index (χ3n) is 6.88. The quantitative estimate of drug-likeness (QED) is 0.594. The lowest BCUT2D eigenvalue weighted by atomic mass is 9.95. The Morgan fingerprint density at radius 3 is 2.67 bits per heavy atom. The molecule has 1 amide bonds. The van der Waals surface area contributed by atoms with E-state index in [4.69, 9.17) is 9.97 Å². The van der Waals surface area contributed by atoms with E-state index in [0.717, 1.165) is 69.1 Å². The first kappa shape index (κ1) is 21.6. The van der Waals surface area contributed by atoms with Crippen molar-refractivity contribution in [3.8, 4) is 0 Å². The van der Waals surface area contributed by atoms with Crippen LogP contribution in [0, 0.1) is 6.92 Å². The van der Waals surface area contributed by atoms with Crippen molar-refractivity contribution in [3.63, 3.8) is 0 Å². The second kappa shape index (κ2) is 9.69. The van der Waals surface area contributed by atoms with E-state index in [1.165, 1.54) is 11.1 Å². The van der Waals surface area contributed by atoms with Crippen molar-refractivity contribution in [2.24, 2.45) is 0 Å².